The minimum atomic E-state index is -0.137. The van der Waals surface area contributed by atoms with Crippen molar-refractivity contribution in [3.8, 4) is 11.5 Å². The zero-order chi connectivity index (χ0) is 19.3. The molecule has 8 heteroatoms. The normalized spacial score (nSPS) is 23.0. The lowest BCUT2D eigenvalue weighted by Gasteiger charge is -2.25. The molecule has 1 fully saturated rings. The van der Waals surface area contributed by atoms with Gasteiger partial charge in [-0.3, -0.25) is 9.69 Å². The highest BCUT2D eigenvalue weighted by molar-refractivity contribution is 5.90. The largest absolute Gasteiger partial charge is 0.454 e. The summed E-state index contributed by atoms with van der Waals surface area (Å²) in [4.78, 5) is 14.9. The third kappa shape index (κ3) is 3.11. The van der Waals surface area contributed by atoms with Crippen LogP contribution in [0, 0.1) is 11.8 Å². The molecule has 0 saturated carbocycles. The van der Waals surface area contributed by atoms with Crippen LogP contribution in [0.1, 0.15) is 35.9 Å². The molecule has 0 bridgehead atoms. The summed E-state index contributed by atoms with van der Waals surface area (Å²) in [5, 5.41) is 11.4. The van der Waals surface area contributed by atoms with Crippen LogP contribution in [-0.2, 0) is 19.5 Å². The average molecular weight is 383 g/mol. The Balaban J connectivity index is 1.27. The van der Waals surface area contributed by atoms with Crippen molar-refractivity contribution < 1.29 is 14.3 Å². The molecular weight excluding hydrogens is 358 g/mol. The van der Waals surface area contributed by atoms with E-state index in [9.17, 15) is 4.79 Å². The number of amides is 1. The zero-order valence-electron chi connectivity index (χ0n) is 16.2. The molecule has 1 N–H and O–H groups in total. The summed E-state index contributed by atoms with van der Waals surface area (Å²) in [7, 11) is 0. The highest BCUT2D eigenvalue weighted by Gasteiger charge is 2.39. The molecule has 8 nitrogen and oxygen atoms in total. The van der Waals surface area contributed by atoms with Gasteiger partial charge in [0.05, 0.1) is 0 Å². The average Bonchev–Trinajstić information content (AvgIpc) is 3.35. The van der Waals surface area contributed by atoms with Gasteiger partial charge in [-0.25, -0.2) is 0 Å². The molecule has 28 heavy (non-hydrogen) atoms. The van der Waals surface area contributed by atoms with E-state index in [1.807, 2.05) is 24.5 Å². The fourth-order valence-electron chi connectivity index (χ4n) is 4.54. The van der Waals surface area contributed by atoms with Gasteiger partial charge in [0, 0.05) is 38.6 Å². The number of hydrogen-bond acceptors (Lipinski definition) is 6. The van der Waals surface area contributed by atoms with Gasteiger partial charge in [0.1, 0.15) is 5.82 Å². The Morgan fingerprint density at radius 1 is 1.18 bits per heavy atom. The topological polar surface area (TPSA) is 81.5 Å². The highest BCUT2D eigenvalue weighted by Crippen LogP contribution is 2.35. The number of nitrogens with one attached hydrogen (secondary N) is 1. The second kappa shape index (κ2) is 6.77. The number of carbonyl (C=O) groups excluding carboxylic acids is 1. The van der Waals surface area contributed by atoms with Crippen LogP contribution in [0.3, 0.4) is 0 Å². The maximum Gasteiger partial charge on any atom is 0.289 e. The summed E-state index contributed by atoms with van der Waals surface area (Å²) in [5.41, 5.74) is 1.24. The summed E-state index contributed by atoms with van der Waals surface area (Å²) >= 11 is 0. The molecule has 1 saturated heterocycles. The Kier molecular flexibility index (Phi) is 4.23. The molecule has 3 aliphatic rings. The number of aromatic nitrogens is 3. The van der Waals surface area contributed by atoms with Crippen molar-refractivity contribution in [3.63, 3.8) is 0 Å². The molecule has 0 radical (unpaired) electrons. The Bertz CT molecular complexity index is 909. The summed E-state index contributed by atoms with van der Waals surface area (Å²) in [6.45, 7) is 7.97. The predicted octanol–water partition coefficient (Wildman–Crippen LogP) is 1.45. The van der Waals surface area contributed by atoms with Gasteiger partial charge < -0.3 is 19.4 Å². The lowest BCUT2D eigenvalue weighted by atomic mass is 9.89. The number of rotatable bonds is 4. The molecule has 1 aromatic heterocycles. The first-order valence-electron chi connectivity index (χ1n) is 9.90. The summed E-state index contributed by atoms with van der Waals surface area (Å²) in [6.07, 6.45) is 0.879. The Hall–Kier alpha value is -2.61. The number of hydrogen-bond donors (Lipinski definition) is 1. The summed E-state index contributed by atoms with van der Waals surface area (Å²) in [5.74, 6) is 3.97. The van der Waals surface area contributed by atoms with Gasteiger partial charge in [0.15, 0.2) is 11.5 Å². The van der Waals surface area contributed by atoms with E-state index in [1.54, 1.807) is 0 Å². The lowest BCUT2D eigenvalue weighted by Crippen LogP contribution is -2.35. The van der Waals surface area contributed by atoms with Crippen molar-refractivity contribution in [1.29, 1.82) is 0 Å². The van der Waals surface area contributed by atoms with E-state index in [4.69, 9.17) is 9.47 Å². The van der Waals surface area contributed by atoms with Crippen LogP contribution in [0.4, 0.5) is 0 Å². The summed E-state index contributed by atoms with van der Waals surface area (Å²) in [6, 6.07) is 6.26. The minimum absolute atomic E-state index is 0.0838. The molecule has 2 unspecified atom stereocenters. The number of likely N-dealkylation sites (tertiary alicyclic amines) is 1. The number of fused-ring (bicyclic) bond motifs is 3. The van der Waals surface area contributed by atoms with E-state index in [0.717, 1.165) is 49.9 Å². The van der Waals surface area contributed by atoms with Crippen LogP contribution >= 0.6 is 0 Å². The fourth-order valence-corrected chi connectivity index (χ4v) is 4.54. The highest BCUT2D eigenvalue weighted by atomic mass is 16.7. The van der Waals surface area contributed by atoms with Crippen molar-refractivity contribution >= 4 is 5.91 Å². The van der Waals surface area contributed by atoms with Crippen LogP contribution in [0.15, 0.2) is 18.2 Å². The molecular formula is C20H25N5O3. The molecule has 0 aliphatic carbocycles. The maximum atomic E-state index is 12.4. The standard InChI is InChI=1S/C20H25N5O3/c1-12(2)21-20(26)19-23-22-18-6-14-8-24(9-15(14)10-25(18)19)7-13-3-4-16-17(5-13)28-11-27-16/h3-5,12,14-15H,6-11H2,1-2H3,(H,21,26). The first-order chi connectivity index (χ1) is 13.6. The van der Waals surface area contributed by atoms with E-state index in [-0.39, 0.29) is 11.9 Å². The van der Waals surface area contributed by atoms with Gasteiger partial charge in [-0.1, -0.05) is 6.07 Å². The number of carbonyl (C=O) groups is 1. The second-order valence-electron chi connectivity index (χ2n) is 8.28. The molecule has 1 amide bonds. The number of ether oxygens (including phenoxy) is 2. The third-order valence-corrected chi connectivity index (χ3v) is 5.81. The number of nitrogens with zero attached hydrogens (tertiary/aromatic N) is 4. The van der Waals surface area contributed by atoms with Crippen molar-refractivity contribution in [2.24, 2.45) is 11.8 Å². The van der Waals surface area contributed by atoms with Crippen LogP contribution < -0.4 is 14.8 Å². The first kappa shape index (κ1) is 17.5. The molecule has 2 aromatic rings. The monoisotopic (exact) mass is 383 g/mol. The van der Waals surface area contributed by atoms with E-state index < -0.39 is 0 Å². The van der Waals surface area contributed by atoms with Gasteiger partial charge in [-0.05, 0) is 43.4 Å². The quantitative estimate of drug-likeness (QED) is 0.861. The van der Waals surface area contributed by atoms with Crippen molar-refractivity contribution in [3.05, 3.63) is 35.4 Å². The minimum Gasteiger partial charge on any atom is -0.454 e. The maximum absolute atomic E-state index is 12.4. The van der Waals surface area contributed by atoms with Crippen LogP contribution in [-0.4, -0.2) is 51.5 Å². The first-order valence-corrected chi connectivity index (χ1v) is 9.90. The van der Waals surface area contributed by atoms with Crippen LogP contribution in [0.2, 0.25) is 0 Å². The Morgan fingerprint density at radius 2 is 2.00 bits per heavy atom. The molecule has 5 rings (SSSR count). The van der Waals surface area contributed by atoms with E-state index in [2.05, 4.69) is 32.5 Å². The van der Waals surface area contributed by atoms with Crippen molar-refractivity contribution in [2.75, 3.05) is 19.9 Å². The lowest BCUT2D eigenvalue weighted by molar-refractivity contribution is 0.0924. The van der Waals surface area contributed by atoms with Gasteiger partial charge in [-0.15, -0.1) is 10.2 Å². The summed E-state index contributed by atoms with van der Waals surface area (Å²) < 4.78 is 12.9. The molecule has 0 spiro atoms. The van der Waals surface area contributed by atoms with Crippen LogP contribution in [0.25, 0.3) is 0 Å². The van der Waals surface area contributed by atoms with Gasteiger partial charge in [-0.2, -0.15) is 0 Å². The second-order valence-corrected chi connectivity index (χ2v) is 8.28. The van der Waals surface area contributed by atoms with Crippen molar-refractivity contribution in [2.45, 2.75) is 39.4 Å². The van der Waals surface area contributed by atoms with E-state index in [1.165, 1.54) is 5.56 Å². The third-order valence-electron chi connectivity index (χ3n) is 5.81. The predicted molar refractivity (Wildman–Crippen MR) is 101 cm³/mol. The molecule has 3 aliphatic heterocycles. The Morgan fingerprint density at radius 3 is 2.86 bits per heavy atom. The van der Waals surface area contributed by atoms with E-state index in [0.29, 0.717) is 24.5 Å². The fraction of sp³-hybridized carbons (Fsp3) is 0.550. The van der Waals surface area contributed by atoms with Gasteiger partial charge in [0.25, 0.3) is 5.91 Å². The molecule has 1 aromatic carbocycles. The van der Waals surface area contributed by atoms with Crippen molar-refractivity contribution in [1.82, 2.24) is 25.0 Å². The van der Waals surface area contributed by atoms with E-state index >= 15 is 0 Å². The molecule has 4 heterocycles. The van der Waals surface area contributed by atoms with Gasteiger partial charge in [0.2, 0.25) is 12.6 Å². The van der Waals surface area contributed by atoms with Gasteiger partial charge >= 0.3 is 0 Å². The smallest absolute Gasteiger partial charge is 0.289 e. The zero-order valence-corrected chi connectivity index (χ0v) is 16.2. The molecule has 2 atom stereocenters. The SMILES string of the molecule is CC(C)NC(=O)c1nnc2n1CC1CN(Cc3ccc4c(c3)OCO4)CC1C2. The Labute approximate surface area is 163 Å². The number of benzene rings is 1. The van der Waals surface area contributed by atoms with Crippen LogP contribution in [0.5, 0.6) is 11.5 Å². The molecule has 148 valence electrons.